The Balaban J connectivity index is 0.00000364. The van der Waals surface area contributed by atoms with Gasteiger partial charge in [-0.15, -0.1) is 24.0 Å². The van der Waals surface area contributed by atoms with Crippen LogP contribution in [0.25, 0.3) is 0 Å². The average molecular weight is 483 g/mol. The van der Waals surface area contributed by atoms with Gasteiger partial charge in [-0.1, -0.05) is 37.3 Å². The molecular weight excluding hydrogens is 453 g/mol. The van der Waals surface area contributed by atoms with E-state index in [0.29, 0.717) is 25.3 Å². The van der Waals surface area contributed by atoms with Crippen molar-refractivity contribution in [1.82, 2.24) is 10.6 Å². The van der Waals surface area contributed by atoms with Crippen LogP contribution in [-0.4, -0.2) is 31.3 Å². The van der Waals surface area contributed by atoms with Gasteiger partial charge in [0.1, 0.15) is 11.5 Å². The lowest BCUT2D eigenvalue weighted by Gasteiger charge is -2.13. The molecular formula is C21H30IN3O2. The lowest BCUT2D eigenvalue weighted by molar-refractivity contribution is 0.406. The first-order chi connectivity index (χ1) is 12.7. The third-order valence-electron chi connectivity index (χ3n) is 4.23. The van der Waals surface area contributed by atoms with Crippen LogP contribution >= 0.6 is 24.0 Å². The molecule has 0 unspecified atom stereocenters. The number of aromatic hydroxyl groups is 1. The number of phenols is 1. The summed E-state index contributed by atoms with van der Waals surface area (Å²) in [5.41, 5.74) is 3.46. The number of aryl methyl sites for hydroxylation is 1. The predicted molar refractivity (Wildman–Crippen MR) is 122 cm³/mol. The Morgan fingerprint density at radius 2 is 1.78 bits per heavy atom. The molecule has 0 amide bonds. The molecule has 0 aliphatic carbocycles. The fourth-order valence-electron chi connectivity index (χ4n) is 2.76. The van der Waals surface area contributed by atoms with Gasteiger partial charge in [0.05, 0.1) is 13.7 Å². The summed E-state index contributed by atoms with van der Waals surface area (Å²) < 4.78 is 5.11. The third-order valence-corrected chi connectivity index (χ3v) is 4.23. The predicted octanol–water partition coefficient (Wildman–Crippen LogP) is 3.88. The maximum atomic E-state index is 10.0. The van der Waals surface area contributed by atoms with Gasteiger partial charge in [0.15, 0.2) is 5.96 Å². The zero-order valence-corrected chi connectivity index (χ0v) is 18.6. The molecule has 5 nitrogen and oxygen atoms in total. The molecule has 0 saturated heterocycles. The summed E-state index contributed by atoms with van der Waals surface area (Å²) in [6.45, 7) is 6.34. The summed E-state index contributed by atoms with van der Waals surface area (Å²) in [6.07, 6.45) is 1.71. The lowest BCUT2D eigenvalue weighted by Crippen LogP contribution is -2.38. The maximum absolute atomic E-state index is 10.0. The van der Waals surface area contributed by atoms with Gasteiger partial charge in [-0.2, -0.15) is 0 Å². The van der Waals surface area contributed by atoms with Gasteiger partial charge < -0.3 is 20.5 Å². The largest absolute Gasteiger partial charge is 0.508 e. The molecule has 0 saturated carbocycles. The highest BCUT2D eigenvalue weighted by Gasteiger charge is 2.05. The van der Waals surface area contributed by atoms with E-state index in [9.17, 15) is 5.11 Å². The minimum Gasteiger partial charge on any atom is -0.508 e. The zero-order valence-electron chi connectivity index (χ0n) is 16.3. The molecule has 148 valence electrons. The fourth-order valence-corrected chi connectivity index (χ4v) is 2.76. The van der Waals surface area contributed by atoms with Gasteiger partial charge in [0.25, 0.3) is 0 Å². The molecule has 0 radical (unpaired) electrons. The molecule has 0 aliphatic rings. The second-order valence-electron chi connectivity index (χ2n) is 5.99. The van der Waals surface area contributed by atoms with Crippen molar-refractivity contribution in [2.24, 2.45) is 4.99 Å². The Kier molecular flexibility index (Phi) is 10.6. The second-order valence-corrected chi connectivity index (χ2v) is 5.99. The number of benzene rings is 2. The molecule has 27 heavy (non-hydrogen) atoms. The Morgan fingerprint density at radius 1 is 1.04 bits per heavy atom. The lowest BCUT2D eigenvalue weighted by atomic mass is 10.1. The molecule has 6 heteroatoms. The normalized spacial score (nSPS) is 10.9. The van der Waals surface area contributed by atoms with Crippen LogP contribution in [0, 0.1) is 0 Å². The minimum absolute atomic E-state index is 0. The van der Waals surface area contributed by atoms with E-state index in [1.165, 1.54) is 11.1 Å². The van der Waals surface area contributed by atoms with Crippen molar-refractivity contribution < 1.29 is 9.84 Å². The molecule has 0 aliphatic heterocycles. The summed E-state index contributed by atoms with van der Waals surface area (Å²) in [6, 6.07) is 13.8. The quantitative estimate of drug-likeness (QED) is 0.303. The van der Waals surface area contributed by atoms with Gasteiger partial charge in [-0.05, 0) is 42.5 Å². The van der Waals surface area contributed by atoms with Crippen LogP contribution in [-0.2, 0) is 19.4 Å². The zero-order chi connectivity index (χ0) is 18.8. The summed E-state index contributed by atoms with van der Waals surface area (Å²) >= 11 is 0. The Hall–Kier alpha value is -1.96. The SMILES string of the molecule is CCNC(=NCc1ccccc1CC)NCCc1ccc(OC)cc1O.I. The molecule has 0 bridgehead atoms. The van der Waals surface area contributed by atoms with Crippen molar-refractivity contribution in [1.29, 1.82) is 0 Å². The van der Waals surface area contributed by atoms with Crippen molar-refractivity contribution >= 4 is 29.9 Å². The van der Waals surface area contributed by atoms with Gasteiger partial charge in [0.2, 0.25) is 0 Å². The van der Waals surface area contributed by atoms with Crippen LogP contribution in [0.5, 0.6) is 11.5 Å². The maximum Gasteiger partial charge on any atom is 0.191 e. The first-order valence-corrected chi connectivity index (χ1v) is 9.12. The number of guanidine groups is 1. The number of aliphatic imine (C=N–C) groups is 1. The minimum atomic E-state index is 0. The van der Waals surface area contributed by atoms with E-state index in [1.807, 2.05) is 19.1 Å². The topological polar surface area (TPSA) is 65.9 Å². The monoisotopic (exact) mass is 483 g/mol. The molecule has 0 atom stereocenters. The summed E-state index contributed by atoms with van der Waals surface area (Å²) in [5, 5.41) is 16.6. The summed E-state index contributed by atoms with van der Waals surface area (Å²) in [7, 11) is 1.59. The van der Waals surface area contributed by atoms with Crippen LogP contribution in [0.15, 0.2) is 47.5 Å². The fraction of sp³-hybridized carbons (Fsp3) is 0.381. The van der Waals surface area contributed by atoms with Gasteiger partial charge in [-0.25, -0.2) is 4.99 Å². The van der Waals surface area contributed by atoms with E-state index in [4.69, 9.17) is 4.74 Å². The van der Waals surface area contributed by atoms with E-state index in [-0.39, 0.29) is 29.7 Å². The highest BCUT2D eigenvalue weighted by molar-refractivity contribution is 14.0. The number of phenolic OH excluding ortho intramolecular Hbond substituents is 1. The number of halogens is 1. The molecule has 0 spiro atoms. The summed E-state index contributed by atoms with van der Waals surface area (Å²) in [5.74, 6) is 1.69. The Labute approximate surface area is 179 Å². The first kappa shape index (κ1) is 23.1. The summed E-state index contributed by atoms with van der Waals surface area (Å²) in [4.78, 5) is 4.69. The molecule has 0 heterocycles. The van der Waals surface area contributed by atoms with Crippen molar-refractivity contribution in [3.63, 3.8) is 0 Å². The van der Waals surface area contributed by atoms with Gasteiger partial charge in [0, 0.05) is 19.2 Å². The van der Waals surface area contributed by atoms with Crippen molar-refractivity contribution in [3.05, 3.63) is 59.2 Å². The van der Waals surface area contributed by atoms with Crippen LogP contribution in [0.4, 0.5) is 0 Å². The van der Waals surface area contributed by atoms with E-state index in [2.05, 4.69) is 46.8 Å². The Bertz CT molecular complexity index is 735. The number of rotatable bonds is 8. The van der Waals surface area contributed by atoms with Crippen molar-refractivity contribution in [2.75, 3.05) is 20.2 Å². The van der Waals surface area contributed by atoms with Crippen LogP contribution in [0.3, 0.4) is 0 Å². The Morgan fingerprint density at radius 3 is 2.41 bits per heavy atom. The number of nitrogens with one attached hydrogen (secondary N) is 2. The van der Waals surface area contributed by atoms with E-state index in [1.54, 1.807) is 13.2 Å². The van der Waals surface area contributed by atoms with E-state index in [0.717, 1.165) is 24.5 Å². The first-order valence-electron chi connectivity index (χ1n) is 9.12. The van der Waals surface area contributed by atoms with Crippen LogP contribution in [0.1, 0.15) is 30.5 Å². The molecule has 0 aromatic heterocycles. The van der Waals surface area contributed by atoms with Crippen molar-refractivity contribution in [3.8, 4) is 11.5 Å². The van der Waals surface area contributed by atoms with Crippen LogP contribution in [0.2, 0.25) is 0 Å². The number of nitrogens with zero attached hydrogens (tertiary/aromatic N) is 1. The van der Waals surface area contributed by atoms with Gasteiger partial charge in [-0.3, -0.25) is 0 Å². The standard InChI is InChI=1S/C21H29N3O2.HI/c1-4-16-8-6-7-9-18(16)15-24-21(22-5-2)23-13-12-17-10-11-19(26-3)14-20(17)25;/h6-11,14,25H,4-5,12-13,15H2,1-3H3,(H2,22,23,24);1H. The second kappa shape index (κ2) is 12.4. The molecule has 0 fully saturated rings. The third kappa shape index (κ3) is 7.28. The number of ether oxygens (including phenoxy) is 1. The van der Waals surface area contributed by atoms with Gasteiger partial charge >= 0.3 is 0 Å². The highest BCUT2D eigenvalue weighted by atomic mass is 127. The highest BCUT2D eigenvalue weighted by Crippen LogP contribution is 2.23. The number of hydrogen-bond donors (Lipinski definition) is 3. The van der Waals surface area contributed by atoms with E-state index >= 15 is 0 Å². The molecule has 2 aromatic carbocycles. The van der Waals surface area contributed by atoms with Crippen LogP contribution < -0.4 is 15.4 Å². The smallest absolute Gasteiger partial charge is 0.191 e. The average Bonchev–Trinajstić information content (AvgIpc) is 2.67. The van der Waals surface area contributed by atoms with Crippen molar-refractivity contribution in [2.45, 2.75) is 33.2 Å². The molecule has 3 N–H and O–H groups in total. The number of methoxy groups -OCH3 is 1. The molecule has 2 aromatic rings. The van der Waals surface area contributed by atoms with E-state index < -0.39 is 0 Å². The molecule has 2 rings (SSSR count). The number of hydrogen-bond acceptors (Lipinski definition) is 3.